The Labute approximate surface area is 130 Å². The smallest absolute Gasteiger partial charge is 0.335 e. The van der Waals surface area contributed by atoms with Gasteiger partial charge < -0.3 is 15.1 Å². The quantitative estimate of drug-likeness (QED) is 0.637. The molecule has 1 fully saturated rings. The van der Waals surface area contributed by atoms with Gasteiger partial charge in [0.2, 0.25) is 0 Å². The second-order valence-corrected chi connectivity index (χ2v) is 5.48. The predicted octanol–water partition coefficient (Wildman–Crippen LogP) is 1.30. The van der Waals surface area contributed by atoms with Gasteiger partial charge in [0.15, 0.2) is 5.60 Å². The summed E-state index contributed by atoms with van der Waals surface area (Å²) in [5.74, 6) is -1.92. The first kappa shape index (κ1) is 16.2. The van der Waals surface area contributed by atoms with Crippen LogP contribution in [0.1, 0.15) is 23.2 Å². The number of rotatable bonds is 3. The Balaban J connectivity index is 2.21. The summed E-state index contributed by atoms with van der Waals surface area (Å²) in [6.07, 6.45) is -0.259. The number of hydrogen-bond donors (Lipinski definition) is 2. The lowest BCUT2D eigenvalue weighted by molar-refractivity contribution is -0.385. The number of carbonyl (C=O) groups excluding carboxylic acids is 1. The Morgan fingerprint density at radius 3 is 2.41 bits per heavy atom. The monoisotopic (exact) mass is 328 g/mol. The van der Waals surface area contributed by atoms with Crippen LogP contribution in [0.25, 0.3) is 0 Å². The van der Waals surface area contributed by atoms with Gasteiger partial charge in [0.25, 0.3) is 11.6 Å². The van der Waals surface area contributed by atoms with Gasteiger partial charge in [-0.05, 0) is 12.1 Å². The van der Waals surface area contributed by atoms with Crippen molar-refractivity contribution in [2.75, 3.05) is 13.1 Å². The minimum absolute atomic E-state index is 0.00140. The lowest BCUT2D eigenvalue weighted by Crippen LogP contribution is -2.50. The lowest BCUT2D eigenvalue weighted by Gasteiger charge is -2.35. The standard InChI is InChI=1S/C13H13ClN2O6/c14-8-1-2-9(10(7-8)16(21)22)11(17)15-5-3-13(20,4-6-15)12(18)19/h1-2,7,20H,3-6H2,(H,18,19). The van der Waals surface area contributed by atoms with Gasteiger partial charge in [-0.15, -0.1) is 0 Å². The number of carboxylic acid groups (broad SMARTS) is 1. The third-order valence-electron chi connectivity index (χ3n) is 3.66. The van der Waals surface area contributed by atoms with E-state index in [1.165, 1.54) is 17.0 Å². The van der Waals surface area contributed by atoms with E-state index in [0.29, 0.717) is 0 Å². The fraction of sp³-hybridized carbons (Fsp3) is 0.385. The molecule has 1 amide bonds. The highest BCUT2D eigenvalue weighted by atomic mass is 35.5. The summed E-state index contributed by atoms with van der Waals surface area (Å²) >= 11 is 5.70. The van der Waals surface area contributed by atoms with Crippen LogP contribution in [0.3, 0.4) is 0 Å². The van der Waals surface area contributed by atoms with Crippen molar-refractivity contribution in [2.24, 2.45) is 0 Å². The molecule has 0 aliphatic carbocycles. The number of likely N-dealkylation sites (tertiary alicyclic amines) is 1. The number of nitro groups is 1. The fourth-order valence-corrected chi connectivity index (χ4v) is 2.47. The molecule has 1 aromatic carbocycles. The van der Waals surface area contributed by atoms with Gasteiger partial charge in [0.1, 0.15) is 5.56 Å². The highest BCUT2D eigenvalue weighted by molar-refractivity contribution is 6.31. The van der Waals surface area contributed by atoms with Crippen LogP contribution in [-0.2, 0) is 4.79 Å². The third kappa shape index (κ3) is 3.02. The number of benzene rings is 1. The van der Waals surface area contributed by atoms with E-state index < -0.39 is 28.1 Å². The first-order valence-electron chi connectivity index (χ1n) is 6.43. The fourth-order valence-electron chi connectivity index (χ4n) is 2.30. The number of nitro benzene ring substituents is 1. The van der Waals surface area contributed by atoms with Crippen molar-refractivity contribution >= 4 is 29.2 Å². The molecule has 0 radical (unpaired) electrons. The molecule has 22 heavy (non-hydrogen) atoms. The molecular formula is C13H13ClN2O6. The molecule has 0 bridgehead atoms. The zero-order valence-corrected chi connectivity index (χ0v) is 12.1. The number of amides is 1. The van der Waals surface area contributed by atoms with Crippen LogP contribution in [0, 0.1) is 10.1 Å². The summed E-state index contributed by atoms with van der Waals surface area (Å²) in [6.45, 7) is 0.00281. The highest BCUT2D eigenvalue weighted by Gasteiger charge is 2.41. The van der Waals surface area contributed by atoms with E-state index in [2.05, 4.69) is 0 Å². The average molecular weight is 329 g/mol. The highest BCUT2D eigenvalue weighted by Crippen LogP contribution is 2.28. The van der Waals surface area contributed by atoms with Crippen molar-refractivity contribution in [1.82, 2.24) is 4.90 Å². The van der Waals surface area contributed by atoms with Crippen molar-refractivity contribution in [1.29, 1.82) is 0 Å². The molecule has 9 heteroatoms. The maximum Gasteiger partial charge on any atom is 0.335 e. The SMILES string of the molecule is O=C(c1ccc(Cl)cc1[N+](=O)[O-])N1CCC(O)(C(=O)O)CC1. The zero-order valence-electron chi connectivity index (χ0n) is 11.4. The van der Waals surface area contributed by atoms with E-state index in [0.717, 1.165) is 6.07 Å². The summed E-state index contributed by atoms with van der Waals surface area (Å²) in [5, 5.41) is 29.9. The van der Waals surface area contributed by atoms with Crippen LogP contribution in [0.5, 0.6) is 0 Å². The van der Waals surface area contributed by atoms with Crippen LogP contribution in [0.15, 0.2) is 18.2 Å². The van der Waals surface area contributed by atoms with E-state index in [4.69, 9.17) is 16.7 Å². The van der Waals surface area contributed by atoms with Crippen molar-refractivity contribution in [3.63, 3.8) is 0 Å². The molecule has 118 valence electrons. The summed E-state index contributed by atoms with van der Waals surface area (Å²) in [4.78, 5) is 34.9. The molecule has 1 aliphatic heterocycles. The predicted molar refractivity (Wildman–Crippen MR) is 75.8 cm³/mol. The molecule has 1 aliphatic rings. The lowest BCUT2D eigenvalue weighted by atomic mass is 9.91. The van der Waals surface area contributed by atoms with Crippen LogP contribution in [0.4, 0.5) is 5.69 Å². The summed E-state index contributed by atoms with van der Waals surface area (Å²) in [7, 11) is 0. The minimum Gasteiger partial charge on any atom is -0.479 e. The molecular weight excluding hydrogens is 316 g/mol. The van der Waals surface area contributed by atoms with E-state index in [9.17, 15) is 24.8 Å². The normalized spacial score (nSPS) is 17.1. The first-order chi connectivity index (χ1) is 10.2. The van der Waals surface area contributed by atoms with Gasteiger partial charge in [0.05, 0.1) is 4.92 Å². The maximum atomic E-state index is 12.4. The first-order valence-corrected chi connectivity index (χ1v) is 6.81. The number of halogens is 1. The minimum atomic E-state index is -1.86. The molecule has 0 aromatic heterocycles. The zero-order chi connectivity index (χ0) is 16.5. The van der Waals surface area contributed by atoms with Gasteiger partial charge in [-0.25, -0.2) is 4.79 Å². The molecule has 0 unspecified atom stereocenters. The van der Waals surface area contributed by atoms with Crippen molar-refractivity contribution in [3.05, 3.63) is 38.9 Å². The van der Waals surface area contributed by atoms with Gasteiger partial charge in [-0.3, -0.25) is 14.9 Å². The molecule has 0 spiro atoms. The number of aliphatic carboxylic acids is 1. The number of hydrogen-bond acceptors (Lipinski definition) is 5. The van der Waals surface area contributed by atoms with Crippen molar-refractivity contribution in [2.45, 2.75) is 18.4 Å². The Hall–Kier alpha value is -2.19. The number of carbonyl (C=O) groups is 2. The van der Waals surface area contributed by atoms with Crippen molar-refractivity contribution < 1.29 is 24.7 Å². The number of piperidine rings is 1. The van der Waals surface area contributed by atoms with Crippen LogP contribution in [0.2, 0.25) is 5.02 Å². The number of nitrogens with zero attached hydrogens (tertiary/aromatic N) is 2. The van der Waals surface area contributed by atoms with Crippen LogP contribution >= 0.6 is 11.6 Å². The number of aliphatic hydroxyl groups is 1. The third-order valence-corrected chi connectivity index (χ3v) is 3.90. The summed E-state index contributed by atoms with van der Waals surface area (Å²) < 4.78 is 0. The molecule has 2 N–H and O–H groups in total. The largest absolute Gasteiger partial charge is 0.479 e. The molecule has 8 nitrogen and oxygen atoms in total. The Bertz CT molecular complexity index is 639. The van der Waals surface area contributed by atoms with Crippen LogP contribution in [-0.4, -0.2) is 50.6 Å². The second kappa shape index (κ2) is 5.90. The molecule has 1 heterocycles. The van der Waals surface area contributed by atoms with Gasteiger partial charge in [-0.2, -0.15) is 0 Å². The van der Waals surface area contributed by atoms with Crippen LogP contribution < -0.4 is 0 Å². The number of carboxylic acids is 1. The Morgan fingerprint density at radius 1 is 1.32 bits per heavy atom. The van der Waals surface area contributed by atoms with Gasteiger partial charge in [-0.1, -0.05) is 11.6 Å². The molecule has 1 aromatic rings. The molecule has 0 saturated carbocycles. The summed E-state index contributed by atoms with van der Waals surface area (Å²) in [6, 6.07) is 3.73. The van der Waals surface area contributed by atoms with E-state index in [-0.39, 0.29) is 36.5 Å². The van der Waals surface area contributed by atoms with E-state index in [1.54, 1.807) is 0 Å². The van der Waals surface area contributed by atoms with Crippen molar-refractivity contribution in [3.8, 4) is 0 Å². The maximum absolute atomic E-state index is 12.4. The molecule has 1 saturated heterocycles. The molecule has 0 atom stereocenters. The second-order valence-electron chi connectivity index (χ2n) is 5.05. The Morgan fingerprint density at radius 2 is 1.91 bits per heavy atom. The van der Waals surface area contributed by atoms with E-state index in [1.807, 2.05) is 0 Å². The Kier molecular flexibility index (Phi) is 4.34. The molecule has 2 rings (SSSR count). The average Bonchev–Trinajstić information content (AvgIpc) is 2.47. The van der Waals surface area contributed by atoms with Gasteiger partial charge in [0, 0.05) is 37.0 Å². The summed E-state index contributed by atoms with van der Waals surface area (Å²) in [5.41, 5.74) is -2.38. The van der Waals surface area contributed by atoms with Gasteiger partial charge >= 0.3 is 5.97 Å². The topological polar surface area (TPSA) is 121 Å². The van der Waals surface area contributed by atoms with E-state index >= 15 is 0 Å².